The van der Waals surface area contributed by atoms with E-state index in [9.17, 15) is 4.79 Å². The first-order valence-electron chi connectivity index (χ1n) is 9.25. The minimum atomic E-state index is 0.0891. The van der Waals surface area contributed by atoms with Crippen LogP contribution in [0.25, 0.3) is 0 Å². The molecule has 3 rings (SSSR count). The zero-order chi connectivity index (χ0) is 17.9. The topological polar surface area (TPSA) is 42.0 Å². The first-order chi connectivity index (χ1) is 12.1. The second-order valence-corrected chi connectivity index (χ2v) is 7.46. The SMILES string of the molecule is CCN1C[C@H](COC)[C@]2(CCN(C(=O)COc3ccccc3C)C2)C1. The van der Waals surface area contributed by atoms with E-state index in [2.05, 4.69) is 11.8 Å². The number of carbonyl (C=O) groups is 1. The third-order valence-corrected chi connectivity index (χ3v) is 5.88. The molecule has 2 saturated heterocycles. The van der Waals surface area contributed by atoms with Crippen LogP contribution in [0.15, 0.2) is 24.3 Å². The number of nitrogens with zero attached hydrogens (tertiary/aromatic N) is 2. The summed E-state index contributed by atoms with van der Waals surface area (Å²) < 4.78 is 11.2. The van der Waals surface area contributed by atoms with Crippen molar-refractivity contribution in [2.45, 2.75) is 20.3 Å². The Labute approximate surface area is 150 Å². The maximum Gasteiger partial charge on any atom is 0.260 e. The second-order valence-electron chi connectivity index (χ2n) is 7.46. The highest BCUT2D eigenvalue weighted by Crippen LogP contribution is 2.43. The molecule has 0 unspecified atom stereocenters. The van der Waals surface area contributed by atoms with Crippen LogP contribution in [-0.2, 0) is 9.53 Å². The van der Waals surface area contributed by atoms with Crippen molar-refractivity contribution in [2.75, 3.05) is 53.0 Å². The number of amides is 1. The van der Waals surface area contributed by atoms with Gasteiger partial charge in [-0.05, 0) is 31.5 Å². The maximum atomic E-state index is 12.6. The Hall–Kier alpha value is -1.59. The highest BCUT2D eigenvalue weighted by atomic mass is 16.5. The van der Waals surface area contributed by atoms with E-state index in [-0.39, 0.29) is 17.9 Å². The summed E-state index contributed by atoms with van der Waals surface area (Å²) in [6.07, 6.45) is 1.06. The lowest BCUT2D eigenvalue weighted by molar-refractivity contribution is -0.132. The molecule has 25 heavy (non-hydrogen) atoms. The van der Waals surface area contributed by atoms with Crippen LogP contribution < -0.4 is 4.74 Å². The Bertz CT molecular complexity index is 606. The number of methoxy groups -OCH3 is 1. The average Bonchev–Trinajstić information content (AvgIpc) is 3.19. The standard InChI is InChI=1S/C20H30N2O3/c1-4-21-11-17(12-24-3)20(14-21)9-10-22(15-20)19(23)13-25-18-8-6-5-7-16(18)2/h5-8,17H,4,9-15H2,1-3H3/t17-,20-/m1/s1. The van der Waals surface area contributed by atoms with Crippen molar-refractivity contribution in [1.29, 1.82) is 0 Å². The van der Waals surface area contributed by atoms with Gasteiger partial charge in [0.15, 0.2) is 6.61 Å². The molecular weight excluding hydrogens is 316 g/mol. The van der Waals surface area contributed by atoms with E-state index in [0.29, 0.717) is 5.92 Å². The number of hydrogen-bond acceptors (Lipinski definition) is 4. The van der Waals surface area contributed by atoms with Gasteiger partial charge in [-0.1, -0.05) is 25.1 Å². The number of aryl methyl sites for hydroxylation is 1. The van der Waals surface area contributed by atoms with Gasteiger partial charge < -0.3 is 19.3 Å². The maximum absolute atomic E-state index is 12.6. The van der Waals surface area contributed by atoms with E-state index in [1.54, 1.807) is 7.11 Å². The first-order valence-corrected chi connectivity index (χ1v) is 9.25. The molecule has 1 aromatic rings. The van der Waals surface area contributed by atoms with Crippen molar-refractivity contribution in [3.63, 3.8) is 0 Å². The van der Waals surface area contributed by atoms with Gasteiger partial charge >= 0.3 is 0 Å². The predicted octanol–water partition coefficient (Wildman–Crippen LogP) is 2.19. The number of para-hydroxylation sites is 1. The summed E-state index contributed by atoms with van der Waals surface area (Å²) in [6, 6.07) is 7.82. The largest absolute Gasteiger partial charge is 0.484 e. The van der Waals surface area contributed by atoms with Gasteiger partial charge in [0.05, 0.1) is 6.61 Å². The van der Waals surface area contributed by atoms with Crippen molar-refractivity contribution < 1.29 is 14.3 Å². The molecule has 138 valence electrons. The van der Waals surface area contributed by atoms with Crippen LogP contribution in [-0.4, -0.2) is 68.8 Å². The highest BCUT2D eigenvalue weighted by molar-refractivity contribution is 5.78. The summed E-state index contributed by atoms with van der Waals surface area (Å²) in [5, 5.41) is 0. The Balaban J connectivity index is 1.59. The molecule has 5 heteroatoms. The van der Waals surface area contributed by atoms with Crippen molar-refractivity contribution in [3.05, 3.63) is 29.8 Å². The minimum absolute atomic E-state index is 0.0891. The summed E-state index contributed by atoms with van der Waals surface area (Å²) in [5.41, 5.74) is 1.24. The molecule has 0 saturated carbocycles. The number of hydrogen-bond donors (Lipinski definition) is 0. The van der Waals surface area contributed by atoms with Crippen LogP contribution in [0.1, 0.15) is 18.9 Å². The number of carbonyl (C=O) groups excluding carboxylic acids is 1. The molecule has 1 amide bonds. The van der Waals surface area contributed by atoms with Crippen LogP contribution in [0.3, 0.4) is 0 Å². The Morgan fingerprint density at radius 2 is 2.12 bits per heavy atom. The molecule has 5 nitrogen and oxygen atoms in total. The number of ether oxygens (including phenoxy) is 2. The van der Waals surface area contributed by atoms with E-state index >= 15 is 0 Å². The quantitative estimate of drug-likeness (QED) is 0.792. The Morgan fingerprint density at radius 1 is 1.32 bits per heavy atom. The van der Waals surface area contributed by atoms with E-state index in [0.717, 1.165) is 57.1 Å². The summed E-state index contributed by atoms with van der Waals surface area (Å²) in [6.45, 7) is 9.96. The van der Waals surface area contributed by atoms with Gasteiger partial charge in [-0.25, -0.2) is 0 Å². The fraction of sp³-hybridized carbons (Fsp3) is 0.650. The molecule has 0 N–H and O–H groups in total. The average molecular weight is 346 g/mol. The normalized spacial score (nSPS) is 26.5. The lowest BCUT2D eigenvalue weighted by atomic mass is 9.78. The molecule has 2 aliphatic heterocycles. The molecule has 2 aliphatic rings. The molecule has 2 fully saturated rings. The first kappa shape index (κ1) is 18.2. The molecule has 0 bridgehead atoms. The van der Waals surface area contributed by atoms with Gasteiger partial charge in [0.2, 0.25) is 0 Å². The molecule has 0 aromatic heterocycles. The second kappa shape index (κ2) is 7.75. The van der Waals surface area contributed by atoms with Crippen LogP contribution in [0.4, 0.5) is 0 Å². The van der Waals surface area contributed by atoms with E-state index in [1.807, 2.05) is 36.1 Å². The third kappa shape index (κ3) is 3.82. The Morgan fingerprint density at radius 3 is 2.84 bits per heavy atom. The fourth-order valence-corrected chi connectivity index (χ4v) is 4.34. The lowest BCUT2D eigenvalue weighted by Crippen LogP contribution is -2.39. The summed E-state index contributed by atoms with van der Waals surface area (Å²) in [7, 11) is 1.77. The van der Waals surface area contributed by atoms with Crippen molar-refractivity contribution in [3.8, 4) is 5.75 Å². The monoisotopic (exact) mass is 346 g/mol. The molecule has 0 aliphatic carbocycles. The van der Waals surface area contributed by atoms with E-state index < -0.39 is 0 Å². The van der Waals surface area contributed by atoms with Gasteiger partial charge in [-0.15, -0.1) is 0 Å². The van der Waals surface area contributed by atoms with Crippen molar-refractivity contribution >= 4 is 5.91 Å². The van der Waals surface area contributed by atoms with Crippen LogP contribution in [0.5, 0.6) is 5.75 Å². The predicted molar refractivity (Wildman–Crippen MR) is 97.8 cm³/mol. The number of likely N-dealkylation sites (tertiary alicyclic amines) is 2. The smallest absolute Gasteiger partial charge is 0.260 e. The highest BCUT2D eigenvalue weighted by Gasteiger charge is 2.50. The minimum Gasteiger partial charge on any atom is -0.484 e. The number of benzene rings is 1. The molecule has 2 heterocycles. The lowest BCUT2D eigenvalue weighted by Gasteiger charge is -2.30. The molecule has 1 aromatic carbocycles. The molecule has 0 radical (unpaired) electrons. The molecule has 2 atom stereocenters. The summed E-state index contributed by atoms with van der Waals surface area (Å²) >= 11 is 0. The molecular formula is C20H30N2O3. The third-order valence-electron chi connectivity index (χ3n) is 5.88. The summed E-state index contributed by atoms with van der Waals surface area (Å²) in [4.78, 5) is 17.1. The fourth-order valence-electron chi connectivity index (χ4n) is 4.34. The zero-order valence-corrected chi connectivity index (χ0v) is 15.7. The van der Waals surface area contributed by atoms with Gasteiger partial charge in [0.25, 0.3) is 5.91 Å². The van der Waals surface area contributed by atoms with Gasteiger partial charge in [-0.3, -0.25) is 4.79 Å². The Kier molecular flexibility index (Phi) is 5.64. The van der Waals surface area contributed by atoms with E-state index in [4.69, 9.17) is 9.47 Å². The molecule has 1 spiro atoms. The van der Waals surface area contributed by atoms with Gasteiger partial charge in [-0.2, -0.15) is 0 Å². The van der Waals surface area contributed by atoms with Gasteiger partial charge in [0, 0.05) is 44.6 Å². The van der Waals surface area contributed by atoms with Crippen LogP contribution in [0, 0.1) is 18.3 Å². The number of rotatable bonds is 6. The zero-order valence-electron chi connectivity index (χ0n) is 15.7. The van der Waals surface area contributed by atoms with E-state index in [1.165, 1.54) is 0 Å². The van der Waals surface area contributed by atoms with Crippen molar-refractivity contribution in [1.82, 2.24) is 9.80 Å². The van der Waals surface area contributed by atoms with Crippen molar-refractivity contribution in [2.24, 2.45) is 11.3 Å². The van der Waals surface area contributed by atoms with Crippen LogP contribution in [0.2, 0.25) is 0 Å². The summed E-state index contributed by atoms with van der Waals surface area (Å²) in [5.74, 6) is 1.39. The van der Waals surface area contributed by atoms with Crippen LogP contribution >= 0.6 is 0 Å². The van der Waals surface area contributed by atoms with Gasteiger partial charge in [0.1, 0.15) is 5.75 Å².